The molecule has 1 rings (SSSR count). The fourth-order valence-corrected chi connectivity index (χ4v) is 1.85. The average molecular weight is 204 g/mol. The number of aliphatic hydroxyl groups excluding tert-OH is 2. The van der Waals surface area contributed by atoms with Crippen LogP contribution in [0.1, 0.15) is 25.7 Å². The minimum Gasteiger partial charge on any atom is -0.394 e. The molecule has 0 spiro atoms. The van der Waals surface area contributed by atoms with Gasteiger partial charge in [-0.15, -0.1) is 0 Å². The minimum absolute atomic E-state index is 0.0587. The van der Waals surface area contributed by atoms with Gasteiger partial charge in [0.05, 0.1) is 38.6 Å². The lowest BCUT2D eigenvalue weighted by molar-refractivity contribution is -0.102. The van der Waals surface area contributed by atoms with E-state index in [0.717, 1.165) is 25.7 Å². The van der Waals surface area contributed by atoms with Gasteiger partial charge in [0.15, 0.2) is 0 Å². The molecule has 0 saturated heterocycles. The van der Waals surface area contributed by atoms with Crippen LogP contribution in [0.5, 0.6) is 0 Å². The van der Waals surface area contributed by atoms with Crippen molar-refractivity contribution in [1.82, 2.24) is 0 Å². The van der Waals surface area contributed by atoms with Crippen LogP contribution in [0.2, 0.25) is 0 Å². The van der Waals surface area contributed by atoms with Crippen molar-refractivity contribution in [3.63, 3.8) is 0 Å². The second-order valence-electron chi connectivity index (χ2n) is 3.55. The third kappa shape index (κ3) is 3.92. The van der Waals surface area contributed by atoms with Gasteiger partial charge in [-0.05, 0) is 12.8 Å². The molecule has 14 heavy (non-hydrogen) atoms. The first-order chi connectivity index (χ1) is 6.88. The Labute approximate surface area is 84.8 Å². The summed E-state index contributed by atoms with van der Waals surface area (Å²) in [6.45, 7) is 0.875. The standard InChI is InChI=1S/C10H20O4/c11-5-7-13-9-3-1-2-4-10(9)14-8-6-12/h9-12H,1-8H2/t9-,10-/m0/s1. The summed E-state index contributed by atoms with van der Waals surface area (Å²) in [6, 6.07) is 0. The molecule has 2 N–H and O–H groups in total. The number of aliphatic hydroxyl groups is 2. The zero-order chi connectivity index (χ0) is 10.2. The van der Waals surface area contributed by atoms with Gasteiger partial charge < -0.3 is 19.7 Å². The Morgan fingerprint density at radius 3 is 1.64 bits per heavy atom. The van der Waals surface area contributed by atoms with E-state index >= 15 is 0 Å². The highest BCUT2D eigenvalue weighted by atomic mass is 16.5. The third-order valence-corrected chi connectivity index (χ3v) is 2.49. The maximum Gasteiger partial charge on any atom is 0.0837 e. The maximum absolute atomic E-state index is 8.65. The molecule has 0 radical (unpaired) electrons. The van der Waals surface area contributed by atoms with E-state index in [2.05, 4.69) is 0 Å². The molecule has 0 aromatic heterocycles. The monoisotopic (exact) mass is 204 g/mol. The van der Waals surface area contributed by atoms with E-state index in [-0.39, 0.29) is 25.4 Å². The van der Waals surface area contributed by atoms with Crippen molar-refractivity contribution >= 4 is 0 Å². The van der Waals surface area contributed by atoms with Gasteiger partial charge in [0.1, 0.15) is 0 Å². The van der Waals surface area contributed by atoms with Gasteiger partial charge in [0.2, 0.25) is 0 Å². The van der Waals surface area contributed by atoms with Crippen LogP contribution in [0.15, 0.2) is 0 Å². The number of hydrogen-bond donors (Lipinski definition) is 2. The molecule has 0 heterocycles. The zero-order valence-electron chi connectivity index (χ0n) is 8.52. The summed E-state index contributed by atoms with van der Waals surface area (Å²) in [5.41, 5.74) is 0. The van der Waals surface area contributed by atoms with Crippen LogP contribution in [-0.2, 0) is 9.47 Å². The van der Waals surface area contributed by atoms with Crippen LogP contribution in [0, 0.1) is 0 Å². The predicted molar refractivity (Wildman–Crippen MR) is 52.1 cm³/mol. The molecule has 2 atom stereocenters. The molecule has 84 valence electrons. The Balaban J connectivity index is 2.26. The lowest BCUT2D eigenvalue weighted by atomic mass is 9.94. The summed E-state index contributed by atoms with van der Waals surface area (Å²) in [5.74, 6) is 0. The molecule has 4 nitrogen and oxygen atoms in total. The molecule has 1 fully saturated rings. The summed E-state index contributed by atoms with van der Waals surface area (Å²) >= 11 is 0. The fourth-order valence-electron chi connectivity index (χ4n) is 1.85. The van der Waals surface area contributed by atoms with Crippen LogP contribution >= 0.6 is 0 Å². The van der Waals surface area contributed by atoms with Gasteiger partial charge in [-0.3, -0.25) is 0 Å². The highest BCUT2D eigenvalue weighted by molar-refractivity contribution is 4.76. The van der Waals surface area contributed by atoms with Crippen LogP contribution in [-0.4, -0.2) is 48.8 Å². The smallest absolute Gasteiger partial charge is 0.0837 e. The molecule has 1 aliphatic rings. The van der Waals surface area contributed by atoms with E-state index in [9.17, 15) is 0 Å². The van der Waals surface area contributed by atoms with Crippen LogP contribution in [0.3, 0.4) is 0 Å². The Kier molecular flexibility index (Phi) is 6.10. The Morgan fingerprint density at radius 2 is 1.29 bits per heavy atom. The molecule has 0 aromatic rings. The zero-order valence-corrected chi connectivity index (χ0v) is 8.52. The van der Waals surface area contributed by atoms with Crippen LogP contribution in [0.25, 0.3) is 0 Å². The van der Waals surface area contributed by atoms with E-state index < -0.39 is 0 Å². The van der Waals surface area contributed by atoms with Crippen molar-refractivity contribution in [3.8, 4) is 0 Å². The van der Waals surface area contributed by atoms with Gasteiger partial charge in [-0.25, -0.2) is 0 Å². The van der Waals surface area contributed by atoms with E-state index in [1.165, 1.54) is 0 Å². The van der Waals surface area contributed by atoms with E-state index in [0.29, 0.717) is 13.2 Å². The van der Waals surface area contributed by atoms with Crippen LogP contribution < -0.4 is 0 Å². The molecule has 0 bridgehead atoms. The van der Waals surface area contributed by atoms with Crippen molar-refractivity contribution in [1.29, 1.82) is 0 Å². The normalized spacial score (nSPS) is 27.9. The van der Waals surface area contributed by atoms with Gasteiger partial charge in [0.25, 0.3) is 0 Å². The first kappa shape index (κ1) is 11.9. The molecule has 1 aliphatic carbocycles. The average Bonchev–Trinajstić information content (AvgIpc) is 2.24. The van der Waals surface area contributed by atoms with Gasteiger partial charge >= 0.3 is 0 Å². The minimum atomic E-state index is 0.0587. The highest BCUT2D eigenvalue weighted by Gasteiger charge is 2.25. The maximum atomic E-state index is 8.65. The molecule has 0 amide bonds. The molecule has 0 aliphatic heterocycles. The molecular formula is C10H20O4. The van der Waals surface area contributed by atoms with Crippen molar-refractivity contribution in [2.24, 2.45) is 0 Å². The van der Waals surface area contributed by atoms with E-state index in [1.807, 2.05) is 0 Å². The Bertz CT molecular complexity index is 124. The Morgan fingerprint density at radius 1 is 0.857 bits per heavy atom. The Hall–Kier alpha value is -0.160. The molecule has 0 unspecified atom stereocenters. The molecule has 4 heteroatoms. The van der Waals surface area contributed by atoms with Gasteiger partial charge in [-0.1, -0.05) is 12.8 Å². The number of hydrogen-bond acceptors (Lipinski definition) is 4. The predicted octanol–water partition coefficient (Wildman–Crippen LogP) is 0.315. The van der Waals surface area contributed by atoms with E-state index in [4.69, 9.17) is 19.7 Å². The van der Waals surface area contributed by atoms with Crippen molar-refractivity contribution < 1.29 is 19.7 Å². The largest absolute Gasteiger partial charge is 0.394 e. The third-order valence-electron chi connectivity index (χ3n) is 2.49. The fraction of sp³-hybridized carbons (Fsp3) is 1.00. The number of ether oxygens (including phenoxy) is 2. The molecule has 1 saturated carbocycles. The lowest BCUT2D eigenvalue weighted by Crippen LogP contribution is -2.36. The summed E-state index contributed by atoms with van der Waals surface area (Å²) in [4.78, 5) is 0. The second-order valence-corrected chi connectivity index (χ2v) is 3.55. The SMILES string of the molecule is OCCO[C@H]1CCCC[C@@H]1OCCO. The quantitative estimate of drug-likeness (QED) is 0.654. The second kappa shape index (κ2) is 7.17. The summed E-state index contributed by atoms with van der Waals surface area (Å²) in [5, 5.41) is 17.3. The lowest BCUT2D eigenvalue weighted by Gasteiger charge is -2.31. The van der Waals surface area contributed by atoms with Crippen molar-refractivity contribution in [2.75, 3.05) is 26.4 Å². The van der Waals surface area contributed by atoms with Crippen molar-refractivity contribution in [2.45, 2.75) is 37.9 Å². The number of rotatable bonds is 6. The molecular weight excluding hydrogens is 184 g/mol. The van der Waals surface area contributed by atoms with Crippen molar-refractivity contribution in [3.05, 3.63) is 0 Å². The van der Waals surface area contributed by atoms with Crippen LogP contribution in [0.4, 0.5) is 0 Å². The summed E-state index contributed by atoms with van der Waals surface area (Å²) in [6.07, 6.45) is 4.51. The van der Waals surface area contributed by atoms with E-state index in [1.54, 1.807) is 0 Å². The summed E-state index contributed by atoms with van der Waals surface area (Å²) in [7, 11) is 0. The highest BCUT2D eigenvalue weighted by Crippen LogP contribution is 2.23. The van der Waals surface area contributed by atoms with Gasteiger partial charge in [0, 0.05) is 0 Å². The first-order valence-electron chi connectivity index (χ1n) is 5.33. The first-order valence-corrected chi connectivity index (χ1v) is 5.33. The topological polar surface area (TPSA) is 58.9 Å². The molecule has 0 aromatic carbocycles. The summed E-state index contributed by atoms with van der Waals surface area (Å²) < 4.78 is 11.0. The van der Waals surface area contributed by atoms with Gasteiger partial charge in [-0.2, -0.15) is 0 Å².